The smallest absolute Gasteiger partial charge is 0.317 e. The Kier molecular flexibility index (Phi) is 4.77. The van der Waals surface area contributed by atoms with E-state index in [4.69, 9.17) is 9.47 Å². The molecule has 2 amide bonds. The molecule has 2 aliphatic rings. The van der Waals surface area contributed by atoms with Gasteiger partial charge in [0.25, 0.3) is 0 Å². The van der Waals surface area contributed by atoms with E-state index in [1.54, 1.807) is 13.3 Å². The Morgan fingerprint density at radius 2 is 2.36 bits per heavy atom. The van der Waals surface area contributed by atoms with E-state index >= 15 is 0 Å². The summed E-state index contributed by atoms with van der Waals surface area (Å²) in [6.45, 7) is 2.81. The predicted molar refractivity (Wildman–Crippen MR) is 81.7 cm³/mol. The van der Waals surface area contributed by atoms with Gasteiger partial charge in [0, 0.05) is 43.4 Å². The van der Waals surface area contributed by atoms with Crippen LogP contribution in [0.25, 0.3) is 0 Å². The molecule has 2 fully saturated rings. The van der Waals surface area contributed by atoms with Crippen molar-refractivity contribution in [3.05, 3.63) is 23.9 Å². The minimum Gasteiger partial charge on any atom is -0.481 e. The number of hydrogen-bond acceptors (Lipinski definition) is 4. The highest BCUT2D eigenvalue weighted by Crippen LogP contribution is 2.29. The molecule has 0 radical (unpaired) electrons. The highest BCUT2D eigenvalue weighted by Gasteiger charge is 2.34. The molecule has 1 aliphatic heterocycles. The number of nitrogens with zero attached hydrogens (tertiary/aromatic N) is 2. The summed E-state index contributed by atoms with van der Waals surface area (Å²) >= 11 is 0. The van der Waals surface area contributed by atoms with Gasteiger partial charge in [-0.3, -0.25) is 0 Å². The maximum atomic E-state index is 12.5. The summed E-state index contributed by atoms with van der Waals surface area (Å²) in [4.78, 5) is 18.6. The Balaban J connectivity index is 1.56. The molecule has 1 saturated heterocycles. The molecule has 0 aromatic carbocycles. The van der Waals surface area contributed by atoms with Gasteiger partial charge < -0.3 is 19.7 Å². The molecule has 2 heterocycles. The molecule has 1 aromatic heterocycles. The van der Waals surface area contributed by atoms with Crippen molar-refractivity contribution in [3.63, 3.8) is 0 Å². The van der Waals surface area contributed by atoms with Crippen LogP contribution < -0.4 is 10.1 Å². The van der Waals surface area contributed by atoms with E-state index in [9.17, 15) is 4.79 Å². The van der Waals surface area contributed by atoms with Crippen molar-refractivity contribution < 1.29 is 14.3 Å². The van der Waals surface area contributed by atoms with Crippen LogP contribution in [0.3, 0.4) is 0 Å². The van der Waals surface area contributed by atoms with E-state index in [1.807, 2.05) is 17.0 Å². The Morgan fingerprint density at radius 3 is 3.05 bits per heavy atom. The minimum absolute atomic E-state index is 0.000283. The first-order chi connectivity index (χ1) is 10.8. The molecule has 0 bridgehead atoms. The largest absolute Gasteiger partial charge is 0.481 e. The maximum absolute atomic E-state index is 12.5. The van der Waals surface area contributed by atoms with E-state index in [1.165, 1.54) is 0 Å². The third-order valence-electron chi connectivity index (χ3n) is 4.20. The van der Waals surface area contributed by atoms with Gasteiger partial charge in [-0.05, 0) is 25.3 Å². The van der Waals surface area contributed by atoms with Crippen LogP contribution in [-0.2, 0) is 11.3 Å². The summed E-state index contributed by atoms with van der Waals surface area (Å²) in [5, 5.41) is 3.00. The van der Waals surface area contributed by atoms with Crippen LogP contribution in [0.2, 0.25) is 0 Å². The summed E-state index contributed by atoms with van der Waals surface area (Å²) < 4.78 is 10.6. The molecular formula is C16H23N3O3. The molecule has 1 N–H and O–H groups in total. The van der Waals surface area contributed by atoms with Crippen molar-refractivity contribution in [2.75, 3.05) is 26.9 Å². The number of carbonyl (C=O) groups is 1. The zero-order valence-electron chi connectivity index (χ0n) is 13.0. The number of methoxy groups -OCH3 is 1. The van der Waals surface area contributed by atoms with Gasteiger partial charge in [-0.2, -0.15) is 0 Å². The lowest BCUT2D eigenvalue weighted by Gasteiger charge is -2.25. The molecule has 6 heteroatoms. The predicted octanol–water partition coefficient (Wildman–Crippen LogP) is 1.80. The molecule has 6 nitrogen and oxygen atoms in total. The van der Waals surface area contributed by atoms with Crippen LogP contribution in [0.4, 0.5) is 4.79 Å². The molecule has 1 aliphatic carbocycles. The first-order valence-electron chi connectivity index (χ1n) is 7.88. The fourth-order valence-corrected chi connectivity index (χ4v) is 2.80. The first kappa shape index (κ1) is 15.1. The molecule has 1 saturated carbocycles. The summed E-state index contributed by atoms with van der Waals surface area (Å²) in [7, 11) is 1.59. The van der Waals surface area contributed by atoms with Crippen molar-refractivity contribution >= 4 is 6.03 Å². The Morgan fingerprint density at radius 1 is 1.50 bits per heavy atom. The van der Waals surface area contributed by atoms with Crippen LogP contribution in [-0.4, -0.2) is 48.8 Å². The lowest BCUT2D eigenvalue weighted by atomic mass is 10.1. The molecule has 1 atom stereocenters. The molecule has 0 spiro atoms. The Hall–Kier alpha value is -1.82. The number of urea groups is 1. The SMILES string of the molecule is COc1ncccc1CNC(=O)N(C[C@@H]1CCOC1)C1CC1. The summed E-state index contributed by atoms with van der Waals surface area (Å²) in [6, 6.07) is 4.16. The van der Waals surface area contributed by atoms with Crippen LogP contribution in [0.1, 0.15) is 24.8 Å². The number of ether oxygens (including phenoxy) is 2. The summed E-state index contributed by atoms with van der Waals surface area (Å²) in [6.07, 6.45) is 4.95. The third-order valence-corrected chi connectivity index (χ3v) is 4.20. The number of hydrogen-bond donors (Lipinski definition) is 1. The second-order valence-electron chi connectivity index (χ2n) is 5.94. The highest BCUT2D eigenvalue weighted by atomic mass is 16.5. The quantitative estimate of drug-likeness (QED) is 0.870. The second-order valence-corrected chi connectivity index (χ2v) is 5.94. The fraction of sp³-hybridized carbons (Fsp3) is 0.625. The average molecular weight is 305 g/mol. The lowest BCUT2D eigenvalue weighted by molar-refractivity contribution is 0.162. The van der Waals surface area contributed by atoms with Gasteiger partial charge >= 0.3 is 6.03 Å². The van der Waals surface area contributed by atoms with E-state index in [0.29, 0.717) is 24.4 Å². The fourth-order valence-electron chi connectivity index (χ4n) is 2.80. The van der Waals surface area contributed by atoms with Crippen LogP contribution in [0.5, 0.6) is 5.88 Å². The number of nitrogens with one attached hydrogen (secondary N) is 1. The van der Waals surface area contributed by atoms with E-state index in [0.717, 1.165) is 44.6 Å². The van der Waals surface area contributed by atoms with Crippen molar-refractivity contribution in [1.29, 1.82) is 0 Å². The Bertz CT molecular complexity index is 513. The lowest BCUT2D eigenvalue weighted by Crippen LogP contribution is -2.43. The number of pyridine rings is 1. The average Bonchev–Trinajstić information content (AvgIpc) is 3.26. The van der Waals surface area contributed by atoms with Crippen molar-refractivity contribution in [1.82, 2.24) is 15.2 Å². The number of aromatic nitrogens is 1. The van der Waals surface area contributed by atoms with Crippen LogP contribution >= 0.6 is 0 Å². The van der Waals surface area contributed by atoms with Gasteiger partial charge in [-0.15, -0.1) is 0 Å². The third kappa shape index (κ3) is 3.68. The van der Waals surface area contributed by atoms with Crippen molar-refractivity contribution in [2.45, 2.75) is 31.8 Å². The molecule has 1 aromatic rings. The first-order valence-corrected chi connectivity index (χ1v) is 7.88. The second kappa shape index (κ2) is 6.96. The minimum atomic E-state index is 0.000283. The van der Waals surface area contributed by atoms with Crippen LogP contribution in [0, 0.1) is 5.92 Å². The molecule has 0 unspecified atom stereocenters. The molecule has 22 heavy (non-hydrogen) atoms. The van der Waals surface area contributed by atoms with Gasteiger partial charge in [0.15, 0.2) is 0 Å². The number of amides is 2. The van der Waals surface area contributed by atoms with Crippen molar-refractivity contribution in [2.24, 2.45) is 5.92 Å². The zero-order valence-corrected chi connectivity index (χ0v) is 13.0. The Labute approximate surface area is 130 Å². The standard InChI is InChI=1S/C16H23N3O3/c1-21-15-13(3-2-7-17-15)9-18-16(20)19(14-4-5-14)10-12-6-8-22-11-12/h2-3,7,12,14H,4-6,8-11H2,1H3,(H,18,20)/t12-/m0/s1. The van der Waals surface area contributed by atoms with Crippen LogP contribution in [0.15, 0.2) is 18.3 Å². The van der Waals surface area contributed by atoms with Gasteiger partial charge in [-0.1, -0.05) is 6.07 Å². The zero-order chi connectivity index (χ0) is 15.4. The van der Waals surface area contributed by atoms with Crippen molar-refractivity contribution in [3.8, 4) is 5.88 Å². The van der Waals surface area contributed by atoms with E-state index in [-0.39, 0.29) is 6.03 Å². The van der Waals surface area contributed by atoms with Gasteiger partial charge in [0.05, 0.1) is 13.7 Å². The summed E-state index contributed by atoms with van der Waals surface area (Å²) in [5.41, 5.74) is 0.887. The topological polar surface area (TPSA) is 63.7 Å². The molecule has 3 rings (SSSR count). The van der Waals surface area contributed by atoms with Gasteiger partial charge in [0.2, 0.25) is 5.88 Å². The normalized spacial score (nSPS) is 20.7. The maximum Gasteiger partial charge on any atom is 0.317 e. The number of rotatable bonds is 6. The summed E-state index contributed by atoms with van der Waals surface area (Å²) in [5.74, 6) is 1.03. The van der Waals surface area contributed by atoms with E-state index in [2.05, 4.69) is 10.3 Å². The number of carbonyl (C=O) groups excluding carboxylic acids is 1. The van der Waals surface area contributed by atoms with E-state index < -0.39 is 0 Å². The molecular weight excluding hydrogens is 282 g/mol. The van der Waals surface area contributed by atoms with Gasteiger partial charge in [-0.25, -0.2) is 9.78 Å². The highest BCUT2D eigenvalue weighted by molar-refractivity contribution is 5.75. The van der Waals surface area contributed by atoms with Gasteiger partial charge in [0.1, 0.15) is 0 Å². The monoisotopic (exact) mass is 305 g/mol. The molecule has 120 valence electrons.